The van der Waals surface area contributed by atoms with Gasteiger partial charge in [-0.2, -0.15) is 0 Å². The number of alkyl halides is 1. The molecule has 1 aromatic carbocycles. The van der Waals surface area contributed by atoms with Crippen molar-refractivity contribution >= 4 is 21.8 Å². The summed E-state index contributed by atoms with van der Waals surface area (Å²) < 4.78 is 11.0. The average Bonchev–Trinajstić information content (AvgIpc) is 2.45. The van der Waals surface area contributed by atoms with E-state index in [9.17, 15) is 4.79 Å². The largest absolute Gasteiger partial charge is 0.490 e. The Balaban J connectivity index is 2.64. The molecule has 0 aliphatic heterocycles. The number of halogens is 1. The molecule has 21 heavy (non-hydrogen) atoms. The van der Waals surface area contributed by atoms with Crippen LogP contribution in [0.2, 0.25) is 0 Å². The first-order valence-electron chi connectivity index (χ1n) is 7.40. The van der Waals surface area contributed by atoms with Gasteiger partial charge < -0.3 is 14.8 Å². The lowest BCUT2D eigenvalue weighted by Gasteiger charge is -2.12. The minimum Gasteiger partial charge on any atom is -0.490 e. The van der Waals surface area contributed by atoms with Crippen molar-refractivity contribution in [1.82, 2.24) is 5.32 Å². The summed E-state index contributed by atoms with van der Waals surface area (Å²) in [5, 5.41) is 2.92. The summed E-state index contributed by atoms with van der Waals surface area (Å²) in [5.74, 6) is 1.20. The number of carbonyl (C=O) groups excluding carboxylic acids is 1. The van der Waals surface area contributed by atoms with E-state index in [0.29, 0.717) is 41.6 Å². The lowest BCUT2D eigenvalue weighted by Crippen LogP contribution is -2.24. The van der Waals surface area contributed by atoms with Gasteiger partial charge in [0, 0.05) is 16.9 Å². The van der Waals surface area contributed by atoms with Gasteiger partial charge in [-0.3, -0.25) is 4.79 Å². The highest BCUT2D eigenvalue weighted by Crippen LogP contribution is 2.28. The standard InChI is InChI=1S/C16H24BrNO3/c1-4-20-14-9-8-13(11-15(14)21-5-2)16(19)18-10-6-7-12(3)17/h8-9,11-12H,4-7,10H2,1-3H3,(H,18,19). The summed E-state index contributed by atoms with van der Waals surface area (Å²) in [4.78, 5) is 12.6. The van der Waals surface area contributed by atoms with Crippen LogP contribution in [0.25, 0.3) is 0 Å². The van der Waals surface area contributed by atoms with E-state index in [1.54, 1.807) is 18.2 Å². The van der Waals surface area contributed by atoms with Crippen molar-refractivity contribution in [2.75, 3.05) is 19.8 Å². The Kier molecular flexibility index (Phi) is 8.20. The second-order valence-corrected chi connectivity index (χ2v) is 6.27. The second-order valence-electron chi connectivity index (χ2n) is 4.71. The zero-order chi connectivity index (χ0) is 15.7. The van der Waals surface area contributed by atoms with Gasteiger partial charge in [0.15, 0.2) is 11.5 Å². The van der Waals surface area contributed by atoms with Gasteiger partial charge in [-0.15, -0.1) is 0 Å². The highest BCUT2D eigenvalue weighted by Gasteiger charge is 2.11. The molecule has 0 fully saturated rings. The maximum atomic E-state index is 12.1. The minimum atomic E-state index is -0.0822. The lowest BCUT2D eigenvalue weighted by molar-refractivity contribution is 0.0952. The van der Waals surface area contributed by atoms with E-state index in [-0.39, 0.29) is 5.91 Å². The predicted molar refractivity (Wildman–Crippen MR) is 88.7 cm³/mol. The van der Waals surface area contributed by atoms with E-state index in [0.717, 1.165) is 12.8 Å². The summed E-state index contributed by atoms with van der Waals surface area (Å²) in [6, 6.07) is 5.27. The second kappa shape index (κ2) is 9.66. The molecular weight excluding hydrogens is 334 g/mol. The Labute approximate surface area is 135 Å². The Morgan fingerprint density at radius 1 is 1.24 bits per heavy atom. The van der Waals surface area contributed by atoms with Gasteiger partial charge in [0.2, 0.25) is 0 Å². The van der Waals surface area contributed by atoms with Gasteiger partial charge >= 0.3 is 0 Å². The molecule has 5 heteroatoms. The fraction of sp³-hybridized carbons (Fsp3) is 0.562. The highest BCUT2D eigenvalue weighted by atomic mass is 79.9. The fourth-order valence-corrected chi connectivity index (χ4v) is 2.20. The number of benzene rings is 1. The molecule has 1 unspecified atom stereocenters. The summed E-state index contributed by atoms with van der Waals surface area (Å²) in [6.07, 6.45) is 1.99. The van der Waals surface area contributed by atoms with Crippen molar-refractivity contribution in [3.8, 4) is 11.5 Å². The Bertz CT molecular complexity index is 449. The molecule has 1 atom stereocenters. The van der Waals surface area contributed by atoms with Crippen LogP contribution in [0.3, 0.4) is 0 Å². The van der Waals surface area contributed by atoms with E-state index < -0.39 is 0 Å². The molecule has 1 aromatic rings. The maximum Gasteiger partial charge on any atom is 0.251 e. The Morgan fingerprint density at radius 3 is 2.52 bits per heavy atom. The number of rotatable bonds is 9. The zero-order valence-corrected chi connectivity index (χ0v) is 14.5. The molecule has 118 valence electrons. The predicted octanol–water partition coefficient (Wildman–Crippen LogP) is 3.78. The van der Waals surface area contributed by atoms with Gasteiger partial charge in [-0.25, -0.2) is 0 Å². The van der Waals surface area contributed by atoms with E-state index in [2.05, 4.69) is 28.2 Å². The van der Waals surface area contributed by atoms with Crippen molar-refractivity contribution in [2.45, 2.75) is 38.4 Å². The molecule has 0 saturated carbocycles. The van der Waals surface area contributed by atoms with Crippen LogP contribution in [0.4, 0.5) is 0 Å². The first-order valence-corrected chi connectivity index (χ1v) is 8.32. The molecule has 0 spiro atoms. The molecule has 0 bridgehead atoms. The molecule has 1 N–H and O–H groups in total. The fourth-order valence-electron chi connectivity index (χ4n) is 1.88. The summed E-state index contributed by atoms with van der Waals surface area (Å²) >= 11 is 3.49. The first-order chi connectivity index (χ1) is 10.1. The van der Waals surface area contributed by atoms with Crippen LogP contribution >= 0.6 is 15.9 Å². The number of amides is 1. The van der Waals surface area contributed by atoms with E-state index >= 15 is 0 Å². The van der Waals surface area contributed by atoms with Gasteiger partial charge in [0.1, 0.15) is 0 Å². The van der Waals surface area contributed by atoms with Crippen LogP contribution in [0.1, 0.15) is 44.0 Å². The third-order valence-electron chi connectivity index (χ3n) is 2.87. The highest BCUT2D eigenvalue weighted by molar-refractivity contribution is 9.09. The summed E-state index contributed by atoms with van der Waals surface area (Å²) in [7, 11) is 0. The number of ether oxygens (including phenoxy) is 2. The van der Waals surface area contributed by atoms with Gasteiger partial charge in [0.05, 0.1) is 13.2 Å². The van der Waals surface area contributed by atoms with Crippen molar-refractivity contribution < 1.29 is 14.3 Å². The van der Waals surface area contributed by atoms with E-state index in [1.165, 1.54) is 0 Å². The number of nitrogens with one attached hydrogen (secondary N) is 1. The molecule has 0 saturated heterocycles. The van der Waals surface area contributed by atoms with Crippen LogP contribution in [0.5, 0.6) is 11.5 Å². The summed E-state index contributed by atoms with van der Waals surface area (Å²) in [6.45, 7) is 7.70. The summed E-state index contributed by atoms with van der Waals surface area (Å²) in [5.41, 5.74) is 0.591. The Hall–Kier alpha value is -1.23. The van der Waals surface area contributed by atoms with Crippen LogP contribution in [-0.4, -0.2) is 30.5 Å². The molecule has 1 amide bonds. The van der Waals surface area contributed by atoms with Crippen molar-refractivity contribution in [1.29, 1.82) is 0 Å². The monoisotopic (exact) mass is 357 g/mol. The third-order valence-corrected chi connectivity index (χ3v) is 3.33. The SMILES string of the molecule is CCOc1ccc(C(=O)NCCCC(C)Br)cc1OCC. The number of hydrogen-bond acceptors (Lipinski definition) is 3. The molecule has 4 nitrogen and oxygen atoms in total. The lowest BCUT2D eigenvalue weighted by atomic mass is 10.2. The van der Waals surface area contributed by atoms with Crippen molar-refractivity contribution in [3.63, 3.8) is 0 Å². The van der Waals surface area contributed by atoms with Crippen molar-refractivity contribution in [3.05, 3.63) is 23.8 Å². The van der Waals surface area contributed by atoms with Crippen LogP contribution in [-0.2, 0) is 0 Å². The molecule has 0 radical (unpaired) electrons. The van der Waals surface area contributed by atoms with Crippen molar-refractivity contribution in [2.24, 2.45) is 0 Å². The van der Waals surface area contributed by atoms with E-state index in [1.807, 2.05) is 13.8 Å². The van der Waals surface area contributed by atoms with Crippen LogP contribution in [0, 0.1) is 0 Å². The topological polar surface area (TPSA) is 47.6 Å². The Morgan fingerprint density at radius 2 is 1.90 bits per heavy atom. The van der Waals surface area contributed by atoms with Crippen LogP contribution in [0.15, 0.2) is 18.2 Å². The average molecular weight is 358 g/mol. The zero-order valence-electron chi connectivity index (χ0n) is 12.9. The van der Waals surface area contributed by atoms with Gasteiger partial charge in [0.25, 0.3) is 5.91 Å². The molecule has 0 aliphatic rings. The van der Waals surface area contributed by atoms with Crippen LogP contribution < -0.4 is 14.8 Å². The van der Waals surface area contributed by atoms with E-state index in [4.69, 9.17) is 9.47 Å². The minimum absolute atomic E-state index is 0.0822. The number of hydrogen-bond donors (Lipinski definition) is 1. The molecular formula is C16H24BrNO3. The molecule has 0 aromatic heterocycles. The first kappa shape index (κ1) is 17.8. The molecule has 0 heterocycles. The maximum absolute atomic E-state index is 12.1. The van der Waals surface area contributed by atoms with Gasteiger partial charge in [-0.1, -0.05) is 22.9 Å². The molecule has 1 rings (SSSR count). The number of carbonyl (C=O) groups is 1. The smallest absolute Gasteiger partial charge is 0.251 e. The third kappa shape index (κ3) is 6.38. The van der Waals surface area contributed by atoms with Gasteiger partial charge in [-0.05, 0) is 44.9 Å². The molecule has 0 aliphatic carbocycles. The quantitative estimate of drug-likeness (QED) is 0.540. The normalized spacial score (nSPS) is 11.8.